The Balaban J connectivity index is 1.78. The topological polar surface area (TPSA) is 55.2 Å². The molecule has 0 N–H and O–H groups in total. The van der Waals surface area contributed by atoms with Crippen LogP contribution in [0.2, 0.25) is 0 Å². The molecule has 1 fully saturated rings. The third-order valence-corrected chi connectivity index (χ3v) is 6.35. The molecule has 1 saturated heterocycles. The second-order valence-electron chi connectivity index (χ2n) is 5.77. The first-order chi connectivity index (χ1) is 11.1. The van der Waals surface area contributed by atoms with Gasteiger partial charge in [-0.1, -0.05) is 18.7 Å². The quantitative estimate of drug-likeness (QED) is 0.628. The smallest absolute Gasteiger partial charge is 0.262 e. The van der Waals surface area contributed by atoms with Crippen LogP contribution in [0.5, 0.6) is 0 Å². The standard InChI is InChI=1S/C16H21N3O2S2/c1-3-11-9-12-14(23-11)17-16(18(2)15(12)21)22-10-13(20)19-7-5-4-6-8-19/h9H,3-8,10H2,1-2H3. The number of thiophene rings is 1. The van der Waals surface area contributed by atoms with Crippen molar-refractivity contribution in [1.29, 1.82) is 0 Å². The zero-order valence-corrected chi connectivity index (χ0v) is 15.1. The summed E-state index contributed by atoms with van der Waals surface area (Å²) in [5, 5.41) is 1.30. The molecular weight excluding hydrogens is 330 g/mol. The molecule has 1 amide bonds. The summed E-state index contributed by atoms with van der Waals surface area (Å²) in [7, 11) is 1.73. The van der Waals surface area contributed by atoms with E-state index in [4.69, 9.17) is 0 Å². The van der Waals surface area contributed by atoms with Crippen molar-refractivity contribution in [1.82, 2.24) is 14.5 Å². The van der Waals surface area contributed by atoms with Crippen molar-refractivity contribution in [3.8, 4) is 0 Å². The number of carbonyl (C=O) groups is 1. The van der Waals surface area contributed by atoms with Crippen molar-refractivity contribution in [2.75, 3.05) is 18.8 Å². The van der Waals surface area contributed by atoms with Crippen molar-refractivity contribution in [3.05, 3.63) is 21.3 Å². The number of nitrogens with zero attached hydrogens (tertiary/aromatic N) is 3. The van der Waals surface area contributed by atoms with Gasteiger partial charge in [0.05, 0.1) is 11.1 Å². The van der Waals surface area contributed by atoms with Crippen molar-refractivity contribution in [2.24, 2.45) is 7.05 Å². The SMILES string of the molecule is CCc1cc2c(=O)n(C)c(SCC(=O)N3CCCCC3)nc2s1. The third kappa shape index (κ3) is 3.45. The van der Waals surface area contributed by atoms with E-state index in [-0.39, 0.29) is 11.5 Å². The zero-order chi connectivity index (χ0) is 16.4. The minimum Gasteiger partial charge on any atom is -0.342 e. The van der Waals surface area contributed by atoms with E-state index in [1.807, 2.05) is 11.0 Å². The number of thioether (sulfide) groups is 1. The molecule has 23 heavy (non-hydrogen) atoms. The Morgan fingerprint density at radius 3 is 2.78 bits per heavy atom. The van der Waals surface area contributed by atoms with E-state index in [1.165, 1.54) is 18.2 Å². The molecule has 7 heteroatoms. The van der Waals surface area contributed by atoms with Crippen LogP contribution in [0.4, 0.5) is 0 Å². The van der Waals surface area contributed by atoms with Gasteiger partial charge in [-0.3, -0.25) is 14.2 Å². The van der Waals surface area contributed by atoms with Crippen LogP contribution in [0.25, 0.3) is 10.2 Å². The molecular formula is C16H21N3O2S2. The summed E-state index contributed by atoms with van der Waals surface area (Å²) >= 11 is 2.93. The van der Waals surface area contributed by atoms with Crippen LogP contribution in [0.15, 0.2) is 16.0 Å². The number of fused-ring (bicyclic) bond motifs is 1. The van der Waals surface area contributed by atoms with Gasteiger partial charge in [-0.05, 0) is 31.7 Å². The predicted molar refractivity (Wildman–Crippen MR) is 95.4 cm³/mol. The van der Waals surface area contributed by atoms with Crippen molar-refractivity contribution in [3.63, 3.8) is 0 Å². The largest absolute Gasteiger partial charge is 0.342 e. The molecule has 0 aliphatic carbocycles. The Morgan fingerprint density at radius 2 is 2.09 bits per heavy atom. The van der Waals surface area contributed by atoms with E-state index in [9.17, 15) is 9.59 Å². The van der Waals surface area contributed by atoms with Crippen LogP contribution in [0.3, 0.4) is 0 Å². The first-order valence-electron chi connectivity index (χ1n) is 8.00. The molecule has 2 aromatic heterocycles. The highest BCUT2D eigenvalue weighted by Gasteiger charge is 2.18. The molecule has 1 aliphatic rings. The van der Waals surface area contributed by atoms with E-state index in [1.54, 1.807) is 23.0 Å². The Bertz CT molecular complexity index is 775. The van der Waals surface area contributed by atoms with E-state index >= 15 is 0 Å². The highest BCUT2D eigenvalue weighted by molar-refractivity contribution is 7.99. The fourth-order valence-corrected chi connectivity index (χ4v) is 4.64. The fourth-order valence-electron chi connectivity index (χ4n) is 2.76. The number of hydrogen-bond donors (Lipinski definition) is 0. The van der Waals surface area contributed by atoms with Crippen LogP contribution >= 0.6 is 23.1 Å². The van der Waals surface area contributed by atoms with Gasteiger partial charge in [0, 0.05) is 25.0 Å². The van der Waals surface area contributed by atoms with Crippen molar-refractivity contribution < 1.29 is 4.79 Å². The molecule has 0 radical (unpaired) electrons. The second kappa shape index (κ2) is 7.05. The van der Waals surface area contributed by atoms with E-state index in [2.05, 4.69) is 11.9 Å². The summed E-state index contributed by atoms with van der Waals surface area (Å²) in [6, 6.07) is 1.93. The van der Waals surface area contributed by atoms with Crippen molar-refractivity contribution in [2.45, 2.75) is 37.8 Å². The van der Waals surface area contributed by atoms with Gasteiger partial charge in [-0.25, -0.2) is 4.98 Å². The number of aryl methyl sites for hydroxylation is 1. The molecule has 0 atom stereocenters. The zero-order valence-electron chi connectivity index (χ0n) is 13.5. The van der Waals surface area contributed by atoms with Crippen LogP contribution in [-0.4, -0.2) is 39.2 Å². The highest BCUT2D eigenvalue weighted by atomic mass is 32.2. The summed E-state index contributed by atoms with van der Waals surface area (Å²) in [6.45, 7) is 3.79. The van der Waals surface area contributed by atoms with Crippen LogP contribution < -0.4 is 5.56 Å². The van der Waals surface area contributed by atoms with E-state index in [0.29, 0.717) is 16.3 Å². The summed E-state index contributed by atoms with van der Waals surface area (Å²) < 4.78 is 1.56. The van der Waals surface area contributed by atoms with Gasteiger partial charge in [0.1, 0.15) is 4.83 Å². The molecule has 0 unspecified atom stereocenters. The van der Waals surface area contributed by atoms with Gasteiger partial charge < -0.3 is 4.90 Å². The number of piperidine rings is 1. The Labute approximate surface area is 143 Å². The Morgan fingerprint density at radius 1 is 1.35 bits per heavy atom. The fraction of sp³-hybridized carbons (Fsp3) is 0.562. The van der Waals surface area contributed by atoms with Gasteiger partial charge >= 0.3 is 0 Å². The molecule has 0 spiro atoms. The lowest BCUT2D eigenvalue weighted by atomic mass is 10.1. The minimum atomic E-state index is -0.0288. The number of rotatable bonds is 4. The maximum Gasteiger partial charge on any atom is 0.262 e. The monoisotopic (exact) mass is 351 g/mol. The van der Waals surface area contributed by atoms with E-state index in [0.717, 1.165) is 42.1 Å². The molecule has 0 saturated carbocycles. The Kier molecular flexibility index (Phi) is 5.06. The van der Waals surface area contributed by atoms with Crippen LogP contribution in [0.1, 0.15) is 31.1 Å². The molecule has 0 bridgehead atoms. The van der Waals surface area contributed by atoms with Gasteiger partial charge in [-0.2, -0.15) is 0 Å². The number of amides is 1. The lowest BCUT2D eigenvalue weighted by Crippen LogP contribution is -2.36. The molecule has 3 heterocycles. The van der Waals surface area contributed by atoms with Crippen molar-refractivity contribution >= 4 is 39.2 Å². The molecule has 5 nitrogen and oxygen atoms in total. The summed E-state index contributed by atoms with van der Waals surface area (Å²) in [5.74, 6) is 0.488. The number of carbonyl (C=O) groups excluding carboxylic acids is 1. The van der Waals surface area contributed by atoms with Crippen LogP contribution in [-0.2, 0) is 18.3 Å². The van der Waals surface area contributed by atoms with E-state index < -0.39 is 0 Å². The molecule has 1 aliphatic heterocycles. The Hall–Kier alpha value is -1.34. The molecule has 2 aromatic rings. The predicted octanol–water partition coefficient (Wildman–Crippen LogP) is 2.66. The average molecular weight is 351 g/mol. The van der Waals surface area contributed by atoms with Gasteiger partial charge in [0.15, 0.2) is 5.16 Å². The highest BCUT2D eigenvalue weighted by Crippen LogP contribution is 2.25. The first-order valence-corrected chi connectivity index (χ1v) is 9.80. The van der Waals surface area contributed by atoms with Gasteiger partial charge in [-0.15, -0.1) is 11.3 Å². The first kappa shape index (κ1) is 16.5. The summed E-state index contributed by atoms with van der Waals surface area (Å²) in [6.07, 6.45) is 4.30. The number of likely N-dealkylation sites (tertiary alicyclic amines) is 1. The lowest BCUT2D eigenvalue weighted by molar-refractivity contribution is -0.129. The van der Waals surface area contributed by atoms with Gasteiger partial charge in [0.2, 0.25) is 5.91 Å². The normalized spacial score (nSPS) is 15.3. The minimum absolute atomic E-state index is 0.0288. The maximum atomic E-state index is 12.4. The summed E-state index contributed by atoms with van der Waals surface area (Å²) in [4.78, 5) is 33.2. The number of aromatic nitrogens is 2. The average Bonchev–Trinajstić information content (AvgIpc) is 3.00. The molecule has 0 aromatic carbocycles. The second-order valence-corrected chi connectivity index (χ2v) is 7.83. The maximum absolute atomic E-state index is 12.4. The lowest BCUT2D eigenvalue weighted by Gasteiger charge is -2.26. The van der Waals surface area contributed by atoms with Gasteiger partial charge in [0.25, 0.3) is 5.56 Å². The third-order valence-electron chi connectivity index (χ3n) is 4.16. The van der Waals surface area contributed by atoms with Crippen LogP contribution in [0, 0.1) is 0 Å². The molecule has 124 valence electrons. The number of hydrogen-bond acceptors (Lipinski definition) is 5. The summed E-state index contributed by atoms with van der Waals surface area (Å²) in [5.41, 5.74) is -0.0288. The molecule has 3 rings (SSSR count).